The van der Waals surface area contributed by atoms with Gasteiger partial charge in [0, 0.05) is 11.9 Å². The molecule has 0 radical (unpaired) electrons. The average molecular weight is 248 g/mol. The summed E-state index contributed by atoms with van der Waals surface area (Å²) in [7, 11) is 0. The lowest BCUT2D eigenvalue weighted by molar-refractivity contribution is 0.0934. The molecule has 0 spiro atoms. The first-order valence-electron chi connectivity index (χ1n) is 4.87. The van der Waals surface area contributed by atoms with Crippen molar-refractivity contribution in [3.05, 3.63) is 35.4 Å². The molecule has 0 aliphatic rings. The minimum absolute atomic E-state index is 0.173. The number of benzene rings is 1. The van der Waals surface area contributed by atoms with Crippen molar-refractivity contribution in [2.24, 2.45) is 0 Å². The average Bonchev–Trinajstić information content (AvgIpc) is 2.22. The van der Waals surface area contributed by atoms with Crippen LogP contribution < -0.4 is 5.32 Å². The number of nitrogens with one attached hydrogen (secondary N) is 1. The Hall–Kier alpha value is -1.16. The number of hydrogen-bond acceptors (Lipinski definition) is 1. The van der Waals surface area contributed by atoms with Crippen LogP contribution in [0.1, 0.15) is 23.7 Å². The first-order valence-corrected chi connectivity index (χ1v) is 5.40. The Morgan fingerprint density at radius 2 is 2.19 bits per heavy atom. The lowest BCUT2D eigenvalue weighted by atomic mass is 10.1. The van der Waals surface area contributed by atoms with Crippen LogP contribution in [0.3, 0.4) is 0 Å². The van der Waals surface area contributed by atoms with Crippen LogP contribution in [0.2, 0.25) is 0 Å². The van der Waals surface area contributed by atoms with Crippen molar-refractivity contribution in [3.8, 4) is 0 Å². The molecule has 1 amide bonds. The first-order chi connectivity index (χ1) is 7.56. The molecule has 0 aromatic heterocycles. The van der Waals surface area contributed by atoms with Gasteiger partial charge in [0.2, 0.25) is 0 Å². The molecule has 2 nitrogen and oxygen atoms in total. The summed E-state index contributed by atoms with van der Waals surface area (Å²) in [6, 6.07) is 3.32. The molecule has 1 aromatic rings. The largest absolute Gasteiger partial charge is 0.349 e. The highest BCUT2D eigenvalue weighted by Crippen LogP contribution is 2.11. The molecule has 16 heavy (non-hydrogen) atoms. The zero-order chi connectivity index (χ0) is 12.1. The summed E-state index contributed by atoms with van der Waals surface area (Å²) in [5, 5.41) is 2.54. The maximum Gasteiger partial charge on any atom is 0.254 e. The Balaban J connectivity index is 2.77. The molecule has 0 saturated heterocycles. The van der Waals surface area contributed by atoms with E-state index in [4.69, 9.17) is 11.6 Å². The summed E-state index contributed by atoms with van der Waals surface area (Å²) in [6.07, 6.45) is 0.574. The van der Waals surface area contributed by atoms with Crippen molar-refractivity contribution in [1.29, 1.82) is 0 Å². The molecule has 1 atom stereocenters. The molecule has 1 N–H and O–H groups in total. The van der Waals surface area contributed by atoms with Crippen molar-refractivity contribution in [2.45, 2.75) is 19.4 Å². The van der Waals surface area contributed by atoms with E-state index in [0.717, 1.165) is 6.07 Å². The Labute approximate surface area is 97.6 Å². The first kappa shape index (κ1) is 12.9. The second-order valence-corrected chi connectivity index (χ2v) is 3.83. The maximum atomic E-state index is 13.2. The van der Waals surface area contributed by atoms with Gasteiger partial charge in [0.15, 0.2) is 11.6 Å². The van der Waals surface area contributed by atoms with Gasteiger partial charge >= 0.3 is 0 Å². The van der Waals surface area contributed by atoms with Crippen molar-refractivity contribution in [2.75, 3.05) is 5.88 Å². The highest BCUT2D eigenvalue weighted by Gasteiger charge is 2.16. The lowest BCUT2D eigenvalue weighted by Crippen LogP contribution is -2.33. The van der Waals surface area contributed by atoms with E-state index < -0.39 is 17.5 Å². The van der Waals surface area contributed by atoms with Crippen LogP contribution in [0.15, 0.2) is 18.2 Å². The van der Waals surface area contributed by atoms with Gasteiger partial charge in [0.05, 0.1) is 5.56 Å². The molecule has 0 aliphatic carbocycles. The van der Waals surface area contributed by atoms with E-state index in [9.17, 15) is 13.6 Å². The highest BCUT2D eigenvalue weighted by molar-refractivity contribution is 6.17. The van der Waals surface area contributed by atoms with Crippen LogP contribution in [-0.2, 0) is 0 Å². The quantitative estimate of drug-likeness (QED) is 0.815. The smallest absolute Gasteiger partial charge is 0.254 e. The fraction of sp³-hybridized carbons (Fsp3) is 0.364. The second-order valence-electron chi connectivity index (χ2n) is 3.45. The molecule has 0 bridgehead atoms. The Kier molecular flexibility index (Phi) is 4.68. The monoisotopic (exact) mass is 247 g/mol. The number of carbonyl (C=O) groups is 1. The predicted molar refractivity (Wildman–Crippen MR) is 58.6 cm³/mol. The number of alkyl halides is 1. The molecule has 0 heterocycles. The molecule has 1 unspecified atom stereocenters. The summed E-state index contributed by atoms with van der Waals surface area (Å²) in [5.41, 5.74) is -0.290. The zero-order valence-corrected chi connectivity index (χ0v) is 9.52. The van der Waals surface area contributed by atoms with Crippen LogP contribution in [-0.4, -0.2) is 17.8 Å². The number of halogens is 3. The van der Waals surface area contributed by atoms with Crippen LogP contribution in [0.4, 0.5) is 8.78 Å². The highest BCUT2D eigenvalue weighted by atomic mass is 35.5. The van der Waals surface area contributed by atoms with Crippen molar-refractivity contribution < 1.29 is 13.6 Å². The summed E-state index contributed by atoms with van der Waals surface area (Å²) in [6.45, 7) is 1.75. The third-order valence-corrected chi connectivity index (χ3v) is 2.33. The van der Waals surface area contributed by atoms with E-state index in [0.29, 0.717) is 12.3 Å². The van der Waals surface area contributed by atoms with Crippen LogP contribution >= 0.6 is 11.6 Å². The predicted octanol–water partition coefficient (Wildman–Crippen LogP) is 2.71. The minimum atomic E-state index is -1.13. The molecular formula is C11H12ClF2NO. The molecule has 0 fully saturated rings. The third-order valence-electron chi connectivity index (χ3n) is 2.12. The third kappa shape index (κ3) is 3.17. The van der Waals surface area contributed by atoms with Crippen molar-refractivity contribution in [3.63, 3.8) is 0 Å². The van der Waals surface area contributed by atoms with Gasteiger partial charge in [0.25, 0.3) is 5.91 Å². The Morgan fingerprint density at radius 3 is 2.81 bits per heavy atom. The van der Waals surface area contributed by atoms with Crippen molar-refractivity contribution >= 4 is 17.5 Å². The molecular weight excluding hydrogens is 236 g/mol. The molecule has 5 heteroatoms. The summed E-state index contributed by atoms with van der Waals surface area (Å²) >= 11 is 5.50. The van der Waals surface area contributed by atoms with Gasteiger partial charge in [-0.15, -0.1) is 11.6 Å². The van der Waals surface area contributed by atoms with Crippen LogP contribution in [0.25, 0.3) is 0 Å². The van der Waals surface area contributed by atoms with Gasteiger partial charge in [-0.05, 0) is 25.5 Å². The second kappa shape index (κ2) is 5.80. The molecule has 0 saturated carbocycles. The molecule has 0 aliphatic heterocycles. The summed E-state index contributed by atoms with van der Waals surface area (Å²) in [4.78, 5) is 11.5. The number of amides is 1. The van der Waals surface area contributed by atoms with E-state index in [1.807, 2.05) is 0 Å². The van der Waals surface area contributed by atoms with Gasteiger partial charge in [-0.25, -0.2) is 8.78 Å². The normalized spacial score (nSPS) is 12.2. The zero-order valence-electron chi connectivity index (χ0n) is 8.77. The maximum absolute atomic E-state index is 13.2. The van der Waals surface area contributed by atoms with Gasteiger partial charge in [-0.3, -0.25) is 4.79 Å². The lowest BCUT2D eigenvalue weighted by Gasteiger charge is -2.12. The molecule has 1 aromatic carbocycles. The van der Waals surface area contributed by atoms with Gasteiger partial charge < -0.3 is 5.32 Å². The fourth-order valence-corrected chi connectivity index (χ4v) is 1.54. The van der Waals surface area contributed by atoms with Crippen molar-refractivity contribution in [1.82, 2.24) is 5.32 Å². The van der Waals surface area contributed by atoms with E-state index in [-0.39, 0.29) is 11.6 Å². The molecule has 1 rings (SSSR count). The SMILES string of the molecule is CC(CCCl)NC(=O)c1cccc(F)c1F. The molecule has 88 valence electrons. The van der Waals surface area contributed by atoms with E-state index in [2.05, 4.69) is 5.32 Å². The van der Waals surface area contributed by atoms with Gasteiger partial charge in [-0.1, -0.05) is 6.07 Å². The van der Waals surface area contributed by atoms with Gasteiger partial charge in [0.1, 0.15) is 0 Å². The summed E-state index contributed by atoms with van der Waals surface area (Å²) in [5.74, 6) is -2.39. The standard InChI is InChI=1S/C11H12ClF2NO/c1-7(5-6-12)15-11(16)8-3-2-4-9(13)10(8)14/h2-4,7H,5-6H2,1H3,(H,15,16). The van der Waals surface area contributed by atoms with Crippen LogP contribution in [0, 0.1) is 11.6 Å². The van der Waals surface area contributed by atoms with Crippen LogP contribution in [0.5, 0.6) is 0 Å². The van der Waals surface area contributed by atoms with Gasteiger partial charge in [-0.2, -0.15) is 0 Å². The number of rotatable bonds is 4. The fourth-order valence-electron chi connectivity index (χ4n) is 1.22. The Bertz CT molecular complexity index is 384. The van der Waals surface area contributed by atoms with E-state index >= 15 is 0 Å². The van der Waals surface area contributed by atoms with E-state index in [1.54, 1.807) is 6.92 Å². The number of hydrogen-bond donors (Lipinski definition) is 1. The topological polar surface area (TPSA) is 29.1 Å². The summed E-state index contributed by atoms with van der Waals surface area (Å²) < 4.78 is 26.1. The van der Waals surface area contributed by atoms with E-state index in [1.165, 1.54) is 12.1 Å². The Morgan fingerprint density at radius 1 is 1.50 bits per heavy atom. The minimum Gasteiger partial charge on any atom is -0.349 e. The number of carbonyl (C=O) groups excluding carboxylic acids is 1.